The molecular formula is C30H41IO4. The van der Waals surface area contributed by atoms with Gasteiger partial charge in [-0.2, -0.15) is 0 Å². The Kier molecular flexibility index (Phi) is 5.69. The van der Waals surface area contributed by atoms with Gasteiger partial charge >= 0.3 is 5.97 Å². The lowest BCUT2D eigenvalue weighted by Gasteiger charge is -2.68. The number of esters is 1. The highest BCUT2D eigenvalue weighted by Gasteiger charge is 2.70. The van der Waals surface area contributed by atoms with Gasteiger partial charge in [-0.05, 0) is 102 Å². The quantitative estimate of drug-likeness (QED) is 0.247. The molecule has 5 heteroatoms. The Hall–Kier alpha value is -0.980. The van der Waals surface area contributed by atoms with Gasteiger partial charge in [0.15, 0.2) is 11.6 Å². The molecule has 192 valence electrons. The van der Waals surface area contributed by atoms with Crippen LogP contribution in [0.3, 0.4) is 0 Å². The predicted molar refractivity (Wildman–Crippen MR) is 145 cm³/mol. The van der Waals surface area contributed by atoms with Crippen LogP contribution in [0.2, 0.25) is 0 Å². The zero-order chi connectivity index (χ0) is 25.8. The van der Waals surface area contributed by atoms with Gasteiger partial charge in [0.05, 0.1) is 16.1 Å². The van der Waals surface area contributed by atoms with Crippen molar-refractivity contribution in [2.24, 2.45) is 50.7 Å². The maximum atomic E-state index is 14.3. The standard InChI is InChI=1S/C30H41IO4/c1-17-18-8-9-28(5)22(27(18,4)16-20(31)24(17)33)14-21(32)23-19-15-26(2,3)10-12-30(19,25(34)35-7)13-11-29(23,28)6/h14,16-19,23H,8-13,15H2,1-7H3/t17-,18-,19?,23?,27-,28+,29+,30-/m0/s1. The molecule has 0 aromatic rings. The molecule has 0 radical (unpaired) electrons. The normalized spacial score (nSPS) is 48.5. The topological polar surface area (TPSA) is 60.4 Å². The first-order valence-electron chi connectivity index (χ1n) is 13.4. The molecule has 3 fully saturated rings. The SMILES string of the molecule is COC(=O)[C@]12CCC(C)(C)CC1C1C(=O)C=C3[C@@]4(C)C=C(I)C(=O)[C@@H](C)[C@@H]4CC[C@@]3(C)[C@]1(C)CC2. The molecule has 0 bridgehead atoms. The van der Waals surface area contributed by atoms with Gasteiger partial charge in [0.2, 0.25) is 0 Å². The van der Waals surface area contributed by atoms with Crippen molar-refractivity contribution in [3.8, 4) is 0 Å². The zero-order valence-electron chi connectivity index (χ0n) is 22.4. The van der Waals surface area contributed by atoms with Gasteiger partial charge in [-0.3, -0.25) is 14.4 Å². The molecule has 0 heterocycles. The number of rotatable bonds is 1. The number of halogens is 1. The fourth-order valence-electron chi connectivity index (χ4n) is 9.66. The number of Topliss-reactive ketones (excluding diaryl/α,β-unsaturated/α-hetero) is 1. The summed E-state index contributed by atoms with van der Waals surface area (Å²) in [5.41, 5.74) is 0.138. The predicted octanol–water partition coefficient (Wildman–Crippen LogP) is 6.86. The molecule has 0 N–H and O–H groups in total. The van der Waals surface area contributed by atoms with E-state index >= 15 is 0 Å². The Morgan fingerprint density at radius 3 is 2.31 bits per heavy atom. The molecule has 35 heavy (non-hydrogen) atoms. The van der Waals surface area contributed by atoms with Crippen LogP contribution >= 0.6 is 22.6 Å². The second-order valence-corrected chi connectivity index (χ2v) is 15.0. The Bertz CT molecular complexity index is 1070. The molecule has 0 aromatic heterocycles. The molecule has 0 spiro atoms. The number of fused-ring (bicyclic) bond motifs is 7. The van der Waals surface area contributed by atoms with Crippen LogP contribution in [0.1, 0.15) is 86.5 Å². The van der Waals surface area contributed by atoms with Crippen molar-refractivity contribution in [1.82, 2.24) is 0 Å². The van der Waals surface area contributed by atoms with Crippen molar-refractivity contribution in [3.05, 3.63) is 21.3 Å². The van der Waals surface area contributed by atoms with E-state index in [1.807, 2.05) is 6.08 Å². The molecule has 5 aliphatic carbocycles. The van der Waals surface area contributed by atoms with Crippen molar-refractivity contribution in [2.75, 3.05) is 7.11 Å². The van der Waals surface area contributed by atoms with Crippen LogP contribution in [0, 0.1) is 50.7 Å². The van der Waals surface area contributed by atoms with Crippen molar-refractivity contribution in [2.45, 2.75) is 86.5 Å². The third-order valence-corrected chi connectivity index (χ3v) is 12.8. The summed E-state index contributed by atoms with van der Waals surface area (Å²) in [5.74, 6) is 0.370. The van der Waals surface area contributed by atoms with Crippen molar-refractivity contribution in [3.63, 3.8) is 0 Å². The number of ether oxygens (including phenoxy) is 1. The van der Waals surface area contributed by atoms with E-state index in [0.29, 0.717) is 0 Å². The zero-order valence-corrected chi connectivity index (χ0v) is 24.6. The van der Waals surface area contributed by atoms with E-state index in [-0.39, 0.29) is 62.9 Å². The number of hydrogen-bond acceptors (Lipinski definition) is 4. The lowest BCUT2D eigenvalue weighted by atomic mass is 9.35. The highest BCUT2D eigenvalue weighted by atomic mass is 127. The van der Waals surface area contributed by atoms with E-state index in [0.717, 1.165) is 48.5 Å². The summed E-state index contributed by atoms with van der Waals surface area (Å²) < 4.78 is 6.22. The third-order valence-electron chi connectivity index (χ3n) is 11.9. The minimum atomic E-state index is -0.548. The van der Waals surface area contributed by atoms with Gasteiger partial charge in [0, 0.05) is 17.3 Å². The average molecular weight is 593 g/mol. The number of allylic oxidation sites excluding steroid dienone is 4. The molecule has 2 unspecified atom stereocenters. The molecule has 0 saturated heterocycles. The molecule has 4 nitrogen and oxygen atoms in total. The average Bonchev–Trinajstić information content (AvgIpc) is 2.78. The van der Waals surface area contributed by atoms with E-state index in [4.69, 9.17) is 4.74 Å². The van der Waals surface area contributed by atoms with Gasteiger partial charge in [0.1, 0.15) is 0 Å². The van der Waals surface area contributed by atoms with Gasteiger partial charge in [-0.15, -0.1) is 0 Å². The van der Waals surface area contributed by atoms with Crippen molar-refractivity contribution < 1.29 is 19.1 Å². The molecule has 8 atom stereocenters. The summed E-state index contributed by atoms with van der Waals surface area (Å²) >= 11 is 2.20. The summed E-state index contributed by atoms with van der Waals surface area (Å²) in [6.45, 7) is 13.7. The Morgan fingerprint density at radius 1 is 1.00 bits per heavy atom. The number of ketones is 2. The monoisotopic (exact) mass is 592 g/mol. The highest BCUT2D eigenvalue weighted by Crippen LogP contribution is 2.74. The van der Waals surface area contributed by atoms with E-state index in [1.165, 1.54) is 12.7 Å². The van der Waals surface area contributed by atoms with Gasteiger partial charge in [-0.25, -0.2) is 0 Å². The Balaban J connectivity index is 1.68. The van der Waals surface area contributed by atoms with E-state index < -0.39 is 5.41 Å². The van der Waals surface area contributed by atoms with Crippen LogP contribution in [0.4, 0.5) is 0 Å². The van der Waals surface area contributed by atoms with Crippen LogP contribution in [0.25, 0.3) is 0 Å². The molecule has 0 aliphatic heterocycles. The first-order valence-corrected chi connectivity index (χ1v) is 14.5. The smallest absolute Gasteiger partial charge is 0.312 e. The number of hydrogen-bond donors (Lipinski definition) is 0. The Labute approximate surface area is 224 Å². The number of methoxy groups -OCH3 is 1. The van der Waals surface area contributed by atoms with E-state index in [1.54, 1.807) is 0 Å². The first kappa shape index (κ1) is 25.7. The van der Waals surface area contributed by atoms with Crippen molar-refractivity contribution in [1.29, 1.82) is 0 Å². The maximum absolute atomic E-state index is 14.3. The lowest BCUT2D eigenvalue weighted by molar-refractivity contribution is -0.190. The minimum absolute atomic E-state index is 0.00707. The summed E-state index contributed by atoms with van der Waals surface area (Å²) in [7, 11) is 1.51. The summed E-state index contributed by atoms with van der Waals surface area (Å²) in [6, 6.07) is 0. The van der Waals surface area contributed by atoms with Crippen LogP contribution in [-0.4, -0.2) is 24.6 Å². The molecule has 5 aliphatic rings. The lowest BCUT2D eigenvalue weighted by Crippen LogP contribution is -2.65. The highest BCUT2D eigenvalue weighted by molar-refractivity contribution is 14.1. The van der Waals surface area contributed by atoms with Crippen molar-refractivity contribution >= 4 is 40.1 Å². The number of carbonyl (C=O) groups excluding carboxylic acids is 3. The van der Waals surface area contributed by atoms with Gasteiger partial charge < -0.3 is 4.74 Å². The summed E-state index contributed by atoms with van der Waals surface area (Å²) in [6.07, 6.45) is 10.5. The van der Waals surface area contributed by atoms with Crippen LogP contribution in [-0.2, 0) is 19.1 Å². The third kappa shape index (κ3) is 3.18. The van der Waals surface area contributed by atoms with Crippen LogP contribution < -0.4 is 0 Å². The molecule has 0 amide bonds. The minimum Gasteiger partial charge on any atom is -0.469 e. The first-order chi connectivity index (χ1) is 16.2. The maximum Gasteiger partial charge on any atom is 0.312 e. The molecule has 5 rings (SSSR count). The summed E-state index contributed by atoms with van der Waals surface area (Å²) in [4.78, 5) is 40.5. The Morgan fingerprint density at radius 2 is 1.66 bits per heavy atom. The fraction of sp³-hybridized carbons (Fsp3) is 0.767. The second kappa shape index (κ2) is 7.77. The largest absolute Gasteiger partial charge is 0.469 e. The fourth-order valence-corrected chi connectivity index (χ4v) is 10.8. The molecular weight excluding hydrogens is 551 g/mol. The van der Waals surface area contributed by atoms with Crippen LogP contribution in [0.15, 0.2) is 21.3 Å². The second-order valence-electron chi connectivity index (χ2n) is 13.9. The summed E-state index contributed by atoms with van der Waals surface area (Å²) in [5, 5.41) is 0. The molecule has 0 aromatic carbocycles. The van der Waals surface area contributed by atoms with E-state index in [2.05, 4.69) is 70.2 Å². The van der Waals surface area contributed by atoms with Crippen LogP contribution in [0.5, 0.6) is 0 Å². The van der Waals surface area contributed by atoms with Gasteiger partial charge in [-0.1, -0.05) is 53.2 Å². The van der Waals surface area contributed by atoms with Gasteiger partial charge in [0.25, 0.3) is 0 Å². The molecule has 3 saturated carbocycles. The van der Waals surface area contributed by atoms with E-state index in [9.17, 15) is 14.4 Å². The number of carbonyl (C=O) groups is 3.